The van der Waals surface area contributed by atoms with Crippen LogP contribution >= 0.6 is 11.8 Å². The SMILES string of the molecule is C[C@H](Sc1nnc(-c2ccccc2F)n1C)C(=O)N(C)[C@H]1CCS(=O)(=O)C1. The van der Waals surface area contributed by atoms with Gasteiger partial charge < -0.3 is 9.47 Å². The van der Waals surface area contributed by atoms with E-state index in [2.05, 4.69) is 10.2 Å². The third-order valence-electron chi connectivity index (χ3n) is 4.68. The molecular formula is C17H21FN4O3S2. The molecule has 7 nitrogen and oxygen atoms in total. The molecule has 0 bridgehead atoms. The Morgan fingerprint density at radius 3 is 2.70 bits per heavy atom. The quantitative estimate of drug-likeness (QED) is 0.696. The zero-order valence-corrected chi connectivity index (χ0v) is 16.9. The highest BCUT2D eigenvalue weighted by Gasteiger charge is 2.34. The Kier molecular flexibility index (Phi) is 5.57. The van der Waals surface area contributed by atoms with Crippen LogP contribution in [-0.4, -0.2) is 63.8 Å². The van der Waals surface area contributed by atoms with Crippen LogP contribution in [0.25, 0.3) is 11.4 Å². The number of carbonyl (C=O) groups excluding carboxylic acids is 1. The monoisotopic (exact) mass is 412 g/mol. The molecule has 1 aliphatic heterocycles. The van der Waals surface area contributed by atoms with E-state index >= 15 is 0 Å². The first-order valence-electron chi connectivity index (χ1n) is 8.47. The van der Waals surface area contributed by atoms with Gasteiger partial charge in [0.15, 0.2) is 20.8 Å². The molecule has 1 aliphatic rings. The lowest BCUT2D eigenvalue weighted by Gasteiger charge is -2.26. The molecule has 1 fully saturated rings. The van der Waals surface area contributed by atoms with Crippen LogP contribution in [0.2, 0.25) is 0 Å². The van der Waals surface area contributed by atoms with Crippen LogP contribution in [0.4, 0.5) is 4.39 Å². The van der Waals surface area contributed by atoms with Crippen molar-refractivity contribution in [2.24, 2.45) is 7.05 Å². The minimum atomic E-state index is -3.06. The second kappa shape index (κ2) is 7.59. The van der Waals surface area contributed by atoms with Gasteiger partial charge in [-0.1, -0.05) is 23.9 Å². The Bertz CT molecular complexity index is 961. The first-order valence-corrected chi connectivity index (χ1v) is 11.2. The predicted molar refractivity (Wildman–Crippen MR) is 102 cm³/mol. The Balaban J connectivity index is 1.72. The number of carbonyl (C=O) groups is 1. The summed E-state index contributed by atoms with van der Waals surface area (Å²) in [7, 11) is 0.289. The fraction of sp³-hybridized carbons (Fsp3) is 0.471. The van der Waals surface area contributed by atoms with Crippen molar-refractivity contribution in [3.8, 4) is 11.4 Å². The van der Waals surface area contributed by atoms with Crippen LogP contribution in [0.1, 0.15) is 13.3 Å². The van der Waals surface area contributed by atoms with E-state index in [0.29, 0.717) is 23.0 Å². The van der Waals surface area contributed by atoms with Gasteiger partial charge in [-0.2, -0.15) is 0 Å². The van der Waals surface area contributed by atoms with Crippen LogP contribution in [0.15, 0.2) is 29.4 Å². The molecule has 0 saturated carbocycles. The van der Waals surface area contributed by atoms with Gasteiger partial charge in [0.25, 0.3) is 0 Å². The fourth-order valence-corrected chi connectivity index (χ4v) is 5.74. The summed E-state index contributed by atoms with van der Waals surface area (Å²) in [6.45, 7) is 1.74. The molecule has 146 valence electrons. The Hall–Kier alpha value is -1.94. The Morgan fingerprint density at radius 2 is 2.07 bits per heavy atom. The first-order chi connectivity index (χ1) is 12.7. The molecule has 1 aromatic heterocycles. The van der Waals surface area contributed by atoms with Crippen molar-refractivity contribution >= 4 is 27.5 Å². The van der Waals surface area contributed by atoms with Gasteiger partial charge in [-0.05, 0) is 25.5 Å². The average Bonchev–Trinajstić information content (AvgIpc) is 3.17. The highest BCUT2D eigenvalue weighted by Crippen LogP contribution is 2.28. The van der Waals surface area contributed by atoms with Gasteiger partial charge in [-0.3, -0.25) is 4.79 Å². The summed E-state index contributed by atoms with van der Waals surface area (Å²) in [5.41, 5.74) is 0.339. The number of nitrogens with zero attached hydrogens (tertiary/aromatic N) is 4. The highest BCUT2D eigenvalue weighted by atomic mass is 32.2. The van der Waals surface area contributed by atoms with Gasteiger partial charge >= 0.3 is 0 Å². The smallest absolute Gasteiger partial charge is 0.235 e. The molecule has 27 heavy (non-hydrogen) atoms. The first kappa shape index (κ1) is 19.8. The summed E-state index contributed by atoms with van der Waals surface area (Å²) in [5, 5.41) is 8.14. The zero-order valence-electron chi connectivity index (χ0n) is 15.3. The maximum Gasteiger partial charge on any atom is 0.235 e. The molecule has 0 spiro atoms. The lowest BCUT2D eigenvalue weighted by Crippen LogP contribution is -2.41. The second-order valence-corrected chi connectivity index (χ2v) is 10.1. The van der Waals surface area contributed by atoms with Gasteiger partial charge in [0, 0.05) is 20.1 Å². The van der Waals surface area contributed by atoms with Gasteiger partial charge in [0.05, 0.1) is 22.3 Å². The van der Waals surface area contributed by atoms with E-state index in [1.165, 1.54) is 22.7 Å². The summed E-state index contributed by atoms with van der Waals surface area (Å²) in [5.74, 6) is -0.0565. The minimum absolute atomic E-state index is 0.00796. The van der Waals surface area contributed by atoms with Crippen molar-refractivity contribution in [2.45, 2.75) is 29.8 Å². The van der Waals surface area contributed by atoms with E-state index in [-0.39, 0.29) is 23.5 Å². The molecule has 0 aliphatic carbocycles. The van der Waals surface area contributed by atoms with E-state index < -0.39 is 20.9 Å². The molecular weight excluding hydrogens is 391 g/mol. The third-order valence-corrected chi connectivity index (χ3v) is 7.56. The van der Waals surface area contributed by atoms with Crippen molar-refractivity contribution in [3.63, 3.8) is 0 Å². The number of halogens is 1. The van der Waals surface area contributed by atoms with Crippen LogP contribution < -0.4 is 0 Å². The van der Waals surface area contributed by atoms with Crippen LogP contribution in [0, 0.1) is 5.82 Å². The molecule has 2 heterocycles. The van der Waals surface area contributed by atoms with Crippen LogP contribution in [0.5, 0.6) is 0 Å². The van der Waals surface area contributed by atoms with E-state index in [4.69, 9.17) is 0 Å². The lowest BCUT2D eigenvalue weighted by atomic mass is 10.2. The van der Waals surface area contributed by atoms with E-state index in [9.17, 15) is 17.6 Å². The largest absolute Gasteiger partial charge is 0.341 e. The fourth-order valence-electron chi connectivity index (χ4n) is 3.05. The molecule has 3 rings (SSSR count). The summed E-state index contributed by atoms with van der Waals surface area (Å²) in [6, 6.07) is 6.00. The Labute approximate surface area is 161 Å². The number of hydrogen-bond acceptors (Lipinski definition) is 6. The number of aromatic nitrogens is 3. The van der Waals surface area contributed by atoms with Crippen LogP contribution in [0.3, 0.4) is 0 Å². The molecule has 0 radical (unpaired) electrons. The lowest BCUT2D eigenvalue weighted by molar-refractivity contribution is -0.130. The predicted octanol–water partition coefficient (Wildman–Crippen LogP) is 1.75. The van der Waals surface area contributed by atoms with E-state index in [0.717, 1.165) is 0 Å². The standard InChI is InChI=1S/C17H21FN4O3S2/c1-11(16(23)21(2)12-8-9-27(24,25)10-12)26-17-20-19-15(22(17)3)13-6-4-5-7-14(13)18/h4-7,11-12H,8-10H2,1-3H3/t11-,12-/m0/s1. The van der Waals surface area contributed by atoms with Crippen molar-refractivity contribution in [1.82, 2.24) is 19.7 Å². The van der Waals surface area contributed by atoms with Crippen molar-refractivity contribution < 1.29 is 17.6 Å². The highest BCUT2D eigenvalue weighted by molar-refractivity contribution is 8.00. The molecule has 1 amide bonds. The van der Waals surface area contributed by atoms with Gasteiger partial charge in [-0.25, -0.2) is 12.8 Å². The molecule has 2 aromatic rings. The normalized spacial score (nSPS) is 19.8. The number of benzene rings is 1. The summed E-state index contributed by atoms with van der Waals surface area (Å²) < 4.78 is 38.9. The van der Waals surface area contributed by atoms with Crippen LogP contribution in [-0.2, 0) is 21.7 Å². The topological polar surface area (TPSA) is 85.2 Å². The second-order valence-electron chi connectivity index (χ2n) is 6.61. The number of sulfone groups is 1. The third kappa shape index (κ3) is 4.16. The number of thioether (sulfide) groups is 1. The van der Waals surface area contributed by atoms with Crippen molar-refractivity contribution in [2.75, 3.05) is 18.6 Å². The molecule has 0 N–H and O–H groups in total. The van der Waals surface area contributed by atoms with Gasteiger partial charge in [-0.15, -0.1) is 10.2 Å². The van der Waals surface area contributed by atoms with Gasteiger partial charge in [0.2, 0.25) is 5.91 Å². The summed E-state index contributed by atoms with van der Waals surface area (Å²) in [4.78, 5) is 14.2. The number of hydrogen-bond donors (Lipinski definition) is 0. The van der Waals surface area contributed by atoms with Crippen molar-refractivity contribution in [1.29, 1.82) is 0 Å². The zero-order chi connectivity index (χ0) is 19.8. The molecule has 2 atom stereocenters. The molecule has 1 saturated heterocycles. The molecule has 1 aromatic carbocycles. The minimum Gasteiger partial charge on any atom is -0.341 e. The average molecular weight is 413 g/mol. The Morgan fingerprint density at radius 1 is 1.37 bits per heavy atom. The summed E-state index contributed by atoms with van der Waals surface area (Å²) >= 11 is 1.21. The summed E-state index contributed by atoms with van der Waals surface area (Å²) in [6.07, 6.45) is 0.462. The number of rotatable bonds is 5. The maximum absolute atomic E-state index is 14.0. The van der Waals surface area contributed by atoms with E-state index in [1.807, 2.05) is 0 Å². The molecule has 0 unspecified atom stereocenters. The maximum atomic E-state index is 14.0. The number of amides is 1. The van der Waals surface area contributed by atoms with Gasteiger partial charge in [0.1, 0.15) is 5.82 Å². The molecule has 10 heteroatoms. The van der Waals surface area contributed by atoms with Crippen molar-refractivity contribution in [3.05, 3.63) is 30.1 Å². The van der Waals surface area contributed by atoms with E-state index in [1.54, 1.807) is 43.8 Å².